The van der Waals surface area contributed by atoms with Crippen LogP contribution < -0.4 is 0 Å². The molecule has 0 bridgehead atoms. The molecular weight excluding hydrogens is 500 g/mol. The molecule has 0 amide bonds. The van der Waals surface area contributed by atoms with Crippen LogP contribution in [0.15, 0.2) is 182 Å². The summed E-state index contributed by atoms with van der Waals surface area (Å²) in [6.45, 7) is 0. The van der Waals surface area contributed by atoms with Gasteiger partial charge >= 0.3 is 5.97 Å². The Morgan fingerprint density at radius 3 is 0.805 bits per heavy atom. The third-order valence-corrected chi connectivity index (χ3v) is 7.71. The van der Waals surface area contributed by atoms with Crippen molar-refractivity contribution in [3.63, 3.8) is 0 Å². The molecule has 0 N–H and O–H groups in total. The van der Waals surface area contributed by atoms with Crippen LogP contribution >= 0.6 is 0 Å². The lowest BCUT2D eigenvalue weighted by Gasteiger charge is -2.40. The summed E-state index contributed by atoms with van der Waals surface area (Å²) >= 11 is 0. The Morgan fingerprint density at radius 2 is 0.561 bits per heavy atom. The van der Waals surface area contributed by atoms with Gasteiger partial charge in [0.15, 0.2) is 5.60 Å². The van der Waals surface area contributed by atoms with Gasteiger partial charge in [0.1, 0.15) is 5.41 Å². The Hall–Kier alpha value is -5.21. The maximum absolute atomic E-state index is 15.4. The second-order valence-corrected chi connectivity index (χ2v) is 10.0. The second-order valence-electron chi connectivity index (χ2n) is 10.0. The Balaban J connectivity index is 1.67. The average Bonchev–Trinajstić information content (AvgIpc) is 3.07. The third-order valence-electron chi connectivity index (χ3n) is 7.71. The van der Waals surface area contributed by atoms with Crippen LogP contribution in [0.2, 0.25) is 0 Å². The molecule has 6 aromatic rings. The number of esters is 1. The quantitative estimate of drug-likeness (QED) is 0.146. The van der Waals surface area contributed by atoms with Gasteiger partial charge < -0.3 is 4.74 Å². The van der Waals surface area contributed by atoms with Crippen molar-refractivity contribution in [3.05, 3.63) is 215 Å². The normalized spacial score (nSPS) is 11.5. The van der Waals surface area contributed by atoms with E-state index in [4.69, 9.17) is 4.74 Å². The first kappa shape index (κ1) is 26.0. The standard InChI is InChI=1S/C39H30O2/c40-37(38(31-19-7-1-8-20-31,32-21-9-2-10-22-32)33-23-11-3-12-24-33)41-39(34-25-13-4-14-26-34,35-27-15-5-16-28-35)36-29-17-6-18-30-36/h1-30H. The number of benzene rings is 6. The van der Waals surface area contributed by atoms with Gasteiger partial charge in [-0.15, -0.1) is 0 Å². The average molecular weight is 531 g/mol. The SMILES string of the molecule is O=C(OC(c1ccccc1)(c1ccccc1)c1ccccc1)C(c1ccccc1)(c1ccccc1)c1ccccc1. The van der Waals surface area contributed by atoms with Gasteiger partial charge in [-0.3, -0.25) is 4.79 Å². The second kappa shape index (κ2) is 11.5. The summed E-state index contributed by atoms with van der Waals surface area (Å²) in [6.07, 6.45) is 0. The van der Waals surface area contributed by atoms with Crippen molar-refractivity contribution in [2.45, 2.75) is 11.0 Å². The fourth-order valence-corrected chi connectivity index (χ4v) is 5.83. The fraction of sp³-hybridized carbons (Fsp3) is 0.0513. The predicted octanol–water partition coefficient (Wildman–Crippen LogP) is 8.56. The molecule has 0 aliphatic rings. The highest BCUT2D eigenvalue weighted by Crippen LogP contribution is 2.46. The first-order valence-electron chi connectivity index (χ1n) is 13.8. The zero-order valence-corrected chi connectivity index (χ0v) is 22.6. The molecule has 0 radical (unpaired) electrons. The number of hydrogen-bond acceptors (Lipinski definition) is 2. The minimum atomic E-state index is -1.23. The van der Waals surface area contributed by atoms with E-state index in [0.717, 1.165) is 33.4 Å². The first-order chi connectivity index (χ1) is 20.3. The van der Waals surface area contributed by atoms with Gasteiger partial charge in [-0.2, -0.15) is 0 Å². The van der Waals surface area contributed by atoms with Gasteiger partial charge in [-0.1, -0.05) is 182 Å². The van der Waals surface area contributed by atoms with E-state index < -0.39 is 11.0 Å². The van der Waals surface area contributed by atoms with Crippen LogP contribution in [-0.4, -0.2) is 5.97 Å². The molecule has 41 heavy (non-hydrogen) atoms. The molecule has 0 atom stereocenters. The molecule has 0 aliphatic heterocycles. The predicted molar refractivity (Wildman–Crippen MR) is 165 cm³/mol. The van der Waals surface area contributed by atoms with Crippen LogP contribution in [0.3, 0.4) is 0 Å². The molecule has 2 heteroatoms. The van der Waals surface area contributed by atoms with Gasteiger partial charge in [-0.05, 0) is 16.7 Å². The summed E-state index contributed by atoms with van der Waals surface area (Å²) in [5, 5.41) is 0. The summed E-state index contributed by atoms with van der Waals surface area (Å²) in [4.78, 5) is 15.4. The van der Waals surface area contributed by atoms with Crippen LogP contribution in [0, 0.1) is 0 Å². The smallest absolute Gasteiger partial charge is 0.327 e. The maximum atomic E-state index is 15.4. The van der Waals surface area contributed by atoms with Crippen molar-refractivity contribution < 1.29 is 9.53 Å². The number of rotatable bonds is 8. The van der Waals surface area contributed by atoms with E-state index in [9.17, 15) is 0 Å². The lowest BCUT2D eigenvalue weighted by Crippen LogP contribution is -2.45. The zero-order chi connectivity index (χ0) is 28.0. The van der Waals surface area contributed by atoms with Gasteiger partial charge in [-0.25, -0.2) is 0 Å². The Bertz CT molecular complexity index is 1490. The summed E-state index contributed by atoms with van der Waals surface area (Å²) in [5.74, 6) is -0.363. The molecule has 2 nitrogen and oxygen atoms in total. The van der Waals surface area contributed by atoms with Crippen molar-refractivity contribution in [2.75, 3.05) is 0 Å². The van der Waals surface area contributed by atoms with E-state index in [-0.39, 0.29) is 5.97 Å². The monoisotopic (exact) mass is 530 g/mol. The van der Waals surface area contributed by atoms with E-state index in [2.05, 4.69) is 0 Å². The molecule has 0 saturated carbocycles. The van der Waals surface area contributed by atoms with Crippen LogP contribution in [-0.2, 0) is 20.5 Å². The first-order valence-corrected chi connectivity index (χ1v) is 13.8. The van der Waals surface area contributed by atoms with Gasteiger partial charge in [0, 0.05) is 16.7 Å². The molecule has 6 aromatic carbocycles. The van der Waals surface area contributed by atoms with Crippen molar-refractivity contribution >= 4 is 5.97 Å². The van der Waals surface area contributed by atoms with Gasteiger partial charge in [0.25, 0.3) is 0 Å². The number of carbonyl (C=O) groups excluding carboxylic acids is 1. The minimum Gasteiger partial charge on any atom is -0.443 e. The molecule has 6 rings (SSSR count). The summed E-state index contributed by atoms with van der Waals surface area (Å²) in [7, 11) is 0. The summed E-state index contributed by atoms with van der Waals surface area (Å²) in [5.41, 5.74) is 2.69. The number of ether oxygens (including phenoxy) is 1. The lowest BCUT2D eigenvalue weighted by molar-refractivity contribution is -0.157. The summed E-state index contributed by atoms with van der Waals surface area (Å²) in [6, 6.07) is 59.9. The Labute approximate surface area is 241 Å². The van der Waals surface area contributed by atoms with E-state index >= 15 is 4.79 Å². The zero-order valence-electron chi connectivity index (χ0n) is 22.6. The highest BCUT2D eigenvalue weighted by atomic mass is 16.6. The molecule has 198 valence electrons. The molecule has 0 saturated heterocycles. The highest BCUT2D eigenvalue weighted by Gasteiger charge is 2.50. The molecule has 0 heterocycles. The van der Waals surface area contributed by atoms with Crippen molar-refractivity contribution in [3.8, 4) is 0 Å². The van der Waals surface area contributed by atoms with E-state index in [0.29, 0.717) is 0 Å². The fourth-order valence-electron chi connectivity index (χ4n) is 5.83. The van der Waals surface area contributed by atoms with Gasteiger partial charge in [0.05, 0.1) is 0 Å². The number of hydrogen-bond donors (Lipinski definition) is 0. The van der Waals surface area contributed by atoms with Crippen molar-refractivity contribution in [1.29, 1.82) is 0 Å². The van der Waals surface area contributed by atoms with Crippen LogP contribution in [0.4, 0.5) is 0 Å². The largest absolute Gasteiger partial charge is 0.443 e. The van der Waals surface area contributed by atoms with Crippen molar-refractivity contribution in [2.24, 2.45) is 0 Å². The van der Waals surface area contributed by atoms with E-state index in [1.54, 1.807) is 0 Å². The van der Waals surface area contributed by atoms with E-state index in [1.807, 2.05) is 182 Å². The molecule has 0 aromatic heterocycles. The Morgan fingerprint density at radius 1 is 0.341 bits per heavy atom. The van der Waals surface area contributed by atoms with Crippen LogP contribution in [0.1, 0.15) is 33.4 Å². The van der Waals surface area contributed by atoms with Gasteiger partial charge in [0.2, 0.25) is 0 Å². The Kier molecular flexibility index (Phi) is 7.30. The highest BCUT2D eigenvalue weighted by molar-refractivity contribution is 5.93. The molecular formula is C39H30O2. The minimum absolute atomic E-state index is 0.363. The topological polar surface area (TPSA) is 26.3 Å². The van der Waals surface area contributed by atoms with Crippen molar-refractivity contribution in [1.82, 2.24) is 0 Å². The van der Waals surface area contributed by atoms with E-state index in [1.165, 1.54) is 0 Å². The summed E-state index contributed by atoms with van der Waals surface area (Å²) < 4.78 is 7.09. The lowest BCUT2D eigenvalue weighted by atomic mass is 9.69. The molecule has 0 aliphatic carbocycles. The molecule has 0 unspecified atom stereocenters. The molecule has 0 fully saturated rings. The molecule has 0 spiro atoms. The number of carbonyl (C=O) groups is 1. The third kappa shape index (κ3) is 4.64. The van der Waals surface area contributed by atoms with Crippen LogP contribution in [0.25, 0.3) is 0 Å². The maximum Gasteiger partial charge on any atom is 0.327 e. The van der Waals surface area contributed by atoms with Crippen LogP contribution in [0.5, 0.6) is 0 Å².